The minimum absolute atomic E-state index is 0.0262. The predicted molar refractivity (Wildman–Crippen MR) is 116 cm³/mol. The Morgan fingerprint density at radius 3 is 2.50 bits per heavy atom. The van der Waals surface area contributed by atoms with Gasteiger partial charge in [0.25, 0.3) is 0 Å². The summed E-state index contributed by atoms with van der Waals surface area (Å²) in [4.78, 5) is 12.6. The molecule has 172 valence electrons. The first-order valence-electron chi connectivity index (χ1n) is 10.8. The molecule has 0 saturated heterocycles. The predicted octanol–water partition coefficient (Wildman–Crippen LogP) is 3.27. The van der Waals surface area contributed by atoms with Crippen LogP contribution in [0.3, 0.4) is 0 Å². The summed E-state index contributed by atoms with van der Waals surface area (Å²) in [5.74, 6) is 1.19. The van der Waals surface area contributed by atoms with E-state index in [1.807, 2.05) is 18.2 Å². The minimum atomic E-state index is -3.72. The molecule has 1 amide bonds. The topological polar surface area (TPSA) is 84.9 Å². The highest BCUT2D eigenvalue weighted by molar-refractivity contribution is 7.89. The zero-order valence-corrected chi connectivity index (χ0v) is 18.7. The molecule has 0 bridgehead atoms. The maximum atomic E-state index is 13.1. The largest absolute Gasteiger partial charge is 0.486 e. The molecule has 1 saturated carbocycles. The van der Waals surface area contributed by atoms with Gasteiger partial charge >= 0.3 is 0 Å². The van der Waals surface area contributed by atoms with Crippen molar-refractivity contribution in [1.82, 2.24) is 9.62 Å². The van der Waals surface area contributed by atoms with Crippen LogP contribution in [0.1, 0.15) is 37.3 Å². The molecule has 0 spiro atoms. The van der Waals surface area contributed by atoms with Crippen molar-refractivity contribution in [2.24, 2.45) is 5.92 Å². The smallest absolute Gasteiger partial charge is 0.242 e. The highest BCUT2D eigenvalue weighted by atomic mass is 32.2. The van der Waals surface area contributed by atoms with Gasteiger partial charge in [0.15, 0.2) is 11.5 Å². The van der Waals surface area contributed by atoms with Crippen LogP contribution in [0.2, 0.25) is 0 Å². The lowest BCUT2D eigenvalue weighted by molar-refractivity contribution is -0.122. The third-order valence-electron chi connectivity index (χ3n) is 5.73. The van der Waals surface area contributed by atoms with Crippen molar-refractivity contribution in [2.45, 2.75) is 36.6 Å². The number of amides is 1. The Kier molecular flexibility index (Phi) is 6.66. The number of hydrogen-bond donors (Lipinski definition) is 1. The van der Waals surface area contributed by atoms with Crippen LogP contribution in [0.25, 0.3) is 0 Å². The Morgan fingerprint density at radius 2 is 1.81 bits per heavy atom. The van der Waals surface area contributed by atoms with Crippen LogP contribution >= 0.6 is 0 Å². The standard InChI is InChI=1S/C23H27FN2O5S/c1-26(32(28,29)19-9-7-18(24)8-10-19)12-2-3-22(27)25-23(16-4-5-16)17-6-11-20-21(15-17)31-14-13-30-20/h6-11,15-16,23H,2-5,12-14H2,1H3,(H,25,27). The van der Waals surface area contributed by atoms with Crippen LogP contribution in [0.4, 0.5) is 4.39 Å². The van der Waals surface area contributed by atoms with Crippen molar-refractivity contribution in [2.75, 3.05) is 26.8 Å². The van der Waals surface area contributed by atoms with E-state index in [0.29, 0.717) is 37.1 Å². The van der Waals surface area contributed by atoms with Crippen molar-refractivity contribution in [3.63, 3.8) is 0 Å². The summed E-state index contributed by atoms with van der Waals surface area (Å²) in [7, 11) is -2.27. The molecule has 1 N–H and O–H groups in total. The van der Waals surface area contributed by atoms with Crippen LogP contribution in [-0.4, -0.2) is 45.4 Å². The molecule has 32 heavy (non-hydrogen) atoms. The molecule has 4 rings (SSSR count). The number of nitrogens with zero attached hydrogens (tertiary/aromatic N) is 1. The zero-order valence-electron chi connectivity index (χ0n) is 17.9. The molecule has 1 aliphatic heterocycles. The van der Waals surface area contributed by atoms with Crippen molar-refractivity contribution < 1.29 is 27.1 Å². The van der Waals surface area contributed by atoms with Crippen molar-refractivity contribution in [3.8, 4) is 11.5 Å². The average Bonchev–Trinajstić information content (AvgIpc) is 3.62. The number of sulfonamides is 1. The summed E-state index contributed by atoms with van der Waals surface area (Å²) in [5, 5.41) is 3.11. The van der Waals surface area contributed by atoms with Gasteiger partial charge in [-0.05, 0) is 67.1 Å². The van der Waals surface area contributed by atoms with Gasteiger partial charge in [-0.1, -0.05) is 6.07 Å². The van der Waals surface area contributed by atoms with Gasteiger partial charge in [-0.3, -0.25) is 4.79 Å². The number of nitrogens with one attached hydrogen (secondary N) is 1. The van der Waals surface area contributed by atoms with Crippen molar-refractivity contribution in [3.05, 3.63) is 53.8 Å². The molecule has 0 radical (unpaired) electrons. The van der Waals surface area contributed by atoms with Crippen LogP contribution < -0.4 is 14.8 Å². The maximum Gasteiger partial charge on any atom is 0.242 e. The quantitative estimate of drug-likeness (QED) is 0.618. The van der Waals surface area contributed by atoms with E-state index in [4.69, 9.17) is 9.47 Å². The van der Waals surface area contributed by atoms with E-state index in [-0.39, 0.29) is 29.8 Å². The molecule has 2 aromatic carbocycles. The summed E-state index contributed by atoms with van der Waals surface area (Å²) in [6.45, 7) is 1.22. The lowest BCUT2D eigenvalue weighted by atomic mass is 10.0. The lowest BCUT2D eigenvalue weighted by Gasteiger charge is -2.23. The Hall–Kier alpha value is -2.65. The van der Waals surface area contributed by atoms with Gasteiger partial charge in [-0.2, -0.15) is 0 Å². The first-order chi connectivity index (χ1) is 15.3. The number of carbonyl (C=O) groups excluding carboxylic acids is 1. The normalized spacial score (nSPS) is 16.6. The van der Waals surface area contributed by atoms with Gasteiger partial charge in [0, 0.05) is 20.0 Å². The SMILES string of the molecule is CN(CCCC(=O)NC(c1ccc2c(c1)OCCO2)C1CC1)S(=O)(=O)c1ccc(F)cc1. The highest BCUT2D eigenvalue weighted by Crippen LogP contribution is 2.43. The molecule has 7 nitrogen and oxygen atoms in total. The summed E-state index contributed by atoms with van der Waals surface area (Å²) < 4.78 is 50.7. The zero-order chi connectivity index (χ0) is 22.7. The van der Waals surface area contributed by atoms with Crippen LogP contribution in [-0.2, 0) is 14.8 Å². The highest BCUT2D eigenvalue weighted by Gasteiger charge is 2.34. The minimum Gasteiger partial charge on any atom is -0.486 e. The van der Waals surface area contributed by atoms with Crippen molar-refractivity contribution >= 4 is 15.9 Å². The van der Waals surface area contributed by atoms with E-state index in [1.54, 1.807) is 0 Å². The average molecular weight is 463 g/mol. The molecular formula is C23H27FN2O5S. The number of hydrogen-bond acceptors (Lipinski definition) is 5. The van der Waals surface area contributed by atoms with E-state index < -0.39 is 15.8 Å². The Labute approximate surface area is 187 Å². The summed E-state index contributed by atoms with van der Waals surface area (Å²) >= 11 is 0. The third-order valence-corrected chi connectivity index (χ3v) is 7.61. The van der Waals surface area contributed by atoms with E-state index >= 15 is 0 Å². The monoisotopic (exact) mass is 462 g/mol. The van der Waals surface area contributed by atoms with Crippen LogP contribution in [0, 0.1) is 11.7 Å². The van der Waals surface area contributed by atoms with Gasteiger partial charge in [0.05, 0.1) is 10.9 Å². The van der Waals surface area contributed by atoms with E-state index in [0.717, 1.165) is 30.5 Å². The van der Waals surface area contributed by atoms with Gasteiger partial charge in [-0.15, -0.1) is 0 Å². The summed E-state index contributed by atoms with van der Waals surface area (Å²) in [6.07, 6.45) is 2.69. The van der Waals surface area contributed by atoms with E-state index in [2.05, 4.69) is 5.32 Å². The molecule has 1 fully saturated rings. The molecule has 0 aromatic heterocycles. The molecule has 2 aliphatic rings. The number of carbonyl (C=O) groups is 1. The number of halogens is 1. The second-order valence-electron chi connectivity index (χ2n) is 8.17. The number of benzene rings is 2. The van der Waals surface area contributed by atoms with Crippen molar-refractivity contribution in [1.29, 1.82) is 0 Å². The molecule has 1 heterocycles. The number of ether oxygens (including phenoxy) is 2. The van der Waals surface area contributed by atoms with Gasteiger partial charge in [0.2, 0.25) is 15.9 Å². The lowest BCUT2D eigenvalue weighted by Crippen LogP contribution is -2.32. The summed E-state index contributed by atoms with van der Waals surface area (Å²) in [6, 6.07) is 10.4. The van der Waals surface area contributed by atoms with Gasteiger partial charge in [-0.25, -0.2) is 17.1 Å². The molecule has 1 aliphatic carbocycles. The fourth-order valence-corrected chi connectivity index (χ4v) is 4.98. The van der Waals surface area contributed by atoms with Crippen LogP contribution in [0.5, 0.6) is 11.5 Å². The maximum absolute atomic E-state index is 13.1. The number of rotatable bonds is 9. The molecule has 1 unspecified atom stereocenters. The fourth-order valence-electron chi connectivity index (χ4n) is 3.77. The number of fused-ring (bicyclic) bond motifs is 1. The first kappa shape index (κ1) is 22.5. The fraction of sp³-hybridized carbons (Fsp3) is 0.435. The molecule has 9 heteroatoms. The van der Waals surface area contributed by atoms with Gasteiger partial charge < -0.3 is 14.8 Å². The first-order valence-corrected chi connectivity index (χ1v) is 12.2. The molecule has 1 atom stereocenters. The molecular weight excluding hydrogens is 435 g/mol. The Bertz CT molecular complexity index is 1070. The summed E-state index contributed by atoms with van der Waals surface area (Å²) in [5.41, 5.74) is 0.987. The second kappa shape index (κ2) is 9.46. The Balaban J connectivity index is 1.32. The second-order valence-corrected chi connectivity index (χ2v) is 10.2. The molecule has 2 aromatic rings. The van der Waals surface area contributed by atoms with E-state index in [9.17, 15) is 17.6 Å². The van der Waals surface area contributed by atoms with E-state index in [1.165, 1.54) is 23.5 Å². The van der Waals surface area contributed by atoms with Crippen LogP contribution in [0.15, 0.2) is 47.4 Å². The Morgan fingerprint density at radius 1 is 1.12 bits per heavy atom. The van der Waals surface area contributed by atoms with Gasteiger partial charge in [0.1, 0.15) is 19.0 Å². The third kappa shape index (κ3) is 5.21.